The molecule has 0 amide bonds. The van der Waals surface area contributed by atoms with Crippen molar-refractivity contribution >= 4 is 11.3 Å². The van der Waals surface area contributed by atoms with E-state index in [0.29, 0.717) is 6.42 Å². The van der Waals surface area contributed by atoms with Gasteiger partial charge in [0.05, 0.1) is 5.69 Å². The second-order valence-electron chi connectivity index (χ2n) is 5.60. The highest BCUT2D eigenvalue weighted by Gasteiger charge is 2.26. The number of rotatable bonds is 6. The van der Waals surface area contributed by atoms with Gasteiger partial charge >= 0.3 is 0 Å². The lowest BCUT2D eigenvalue weighted by atomic mass is 9.99. The minimum Gasteiger partial charge on any atom is -0.384 e. The molecule has 0 saturated heterocycles. The largest absolute Gasteiger partial charge is 0.384 e. The van der Waals surface area contributed by atoms with Crippen LogP contribution in [0.2, 0.25) is 0 Å². The lowest BCUT2D eigenvalue weighted by molar-refractivity contribution is 0.0604. The predicted molar refractivity (Wildman–Crippen MR) is 84.5 cm³/mol. The van der Waals surface area contributed by atoms with E-state index in [2.05, 4.69) is 15.4 Å². The molecule has 6 nitrogen and oxygen atoms in total. The van der Waals surface area contributed by atoms with E-state index in [0.717, 1.165) is 29.2 Å². The van der Waals surface area contributed by atoms with Gasteiger partial charge in [-0.05, 0) is 24.4 Å². The van der Waals surface area contributed by atoms with E-state index < -0.39 is 5.60 Å². The van der Waals surface area contributed by atoms with E-state index in [1.54, 1.807) is 17.5 Å². The third kappa shape index (κ3) is 3.26. The molecule has 1 N–H and O–H groups in total. The van der Waals surface area contributed by atoms with Gasteiger partial charge in [0, 0.05) is 49.4 Å². The molecule has 0 bridgehead atoms. The molecule has 0 saturated carbocycles. The van der Waals surface area contributed by atoms with E-state index in [1.165, 1.54) is 0 Å². The van der Waals surface area contributed by atoms with Crippen LogP contribution < -0.4 is 0 Å². The molecule has 7 heteroatoms. The molecule has 3 heterocycles. The van der Waals surface area contributed by atoms with Gasteiger partial charge in [0.2, 0.25) is 0 Å². The monoisotopic (exact) mass is 317 g/mol. The lowest BCUT2D eigenvalue weighted by Crippen LogP contribution is -2.23. The average Bonchev–Trinajstić information content (AvgIpc) is 3.17. The number of hydrogen-bond donors (Lipinski definition) is 1. The molecule has 22 heavy (non-hydrogen) atoms. The predicted octanol–water partition coefficient (Wildman–Crippen LogP) is 1.77. The van der Waals surface area contributed by atoms with E-state index in [1.807, 2.05) is 53.1 Å². The molecule has 116 valence electrons. The molecule has 0 aliphatic heterocycles. The minimum absolute atomic E-state index is 0.458. The fourth-order valence-corrected chi connectivity index (χ4v) is 3.22. The normalized spacial score (nSPS) is 14.1. The van der Waals surface area contributed by atoms with Gasteiger partial charge in [-0.2, -0.15) is 5.10 Å². The van der Waals surface area contributed by atoms with E-state index >= 15 is 0 Å². The van der Waals surface area contributed by atoms with Crippen molar-refractivity contribution in [2.24, 2.45) is 7.05 Å². The molecular weight excluding hydrogens is 298 g/mol. The Kier molecular flexibility index (Phi) is 4.08. The Morgan fingerprint density at radius 2 is 2.23 bits per heavy atom. The summed E-state index contributed by atoms with van der Waals surface area (Å²) in [6, 6.07) is 5.89. The maximum atomic E-state index is 10.6. The second-order valence-corrected chi connectivity index (χ2v) is 6.54. The molecule has 0 aromatic carbocycles. The highest BCUT2D eigenvalue weighted by molar-refractivity contribution is 7.10. The molecule has 0 fully saturated rings. The van der Waals surface area contributed by atoms with Gasteiger partial charge in [0.1, 0.15) is 5.60 Å². The highest BCUT2D eigenvalue weighted by Crippen LogP contribution is 2.28. The average molecular weight is 317 g/mol. The maximum Gasteiger partial charge on any atom is 0.102 e. The quantitative estimate of drug-likeness (QED) is 0.752. The third-order valence-electron chi connectivity index (χ3n) is 3.68. The van der Waals surface area contributed by atoms with Crippen LogP contribution in [0.15, 0.2) is 36.0 Å². The summed E-state index contributed by atoms with van der Waals surface area (Å²) in [7, 11) is 1.93. The van der Waals surface area contributed by atoms with E-state index in [4.69, 9.17) is 0 Å². The molecule has 1 unspecified atom stereocenters. The lowest BCUT2D eigenvalue weighted by Gasteiger charge is -2.20. The van der Waals surface area contributed by atoms with Crippen LogP contribution in [0.25, 0.3) is 0 Å². The number of nitrogens with zero attached hydrogens (tertiary/aromatic N) is 5. The van der Waals surface area contributed by atoms with Crippen molar-refractivity contribution in [2.45, 2.75) is 31.9 Å². The Bertz CT molecular complexity index is 729. The zero-order valence-electron chi connectivity index (χ0n) is 12.7. The first-order valence-corrected chi connectivity index (χ1v) is 8.05. The third-order valence-corrected chi connectivity index (χ3v) is 4.81. The van der Waals surface area contributed by atoms with Crippen molar-refractivity contribution in [3.05, 3.63) is 52.2 Å². The summed E-state index contributed by atoms with van der Waals surface area (Å²) in [6.07, 6.45) is 5.00. The Labute approximate surface area is 133 Å². The molecule has 0 spiro atoms. The second kappa shape index (κ2) is 6.02. The summed E-state index contributed by atoms with van der Waals surface area (Å²) in [4.78, 5) is 0.942. The van der Waals surface area contributed by atoms with Crippen molar-refractivity contribution in [1.29, 1.82) is 0 Å². The Morgan fingerprint density at radius 1 is 1.36 bits per heavy atom. The van der Waals surface area contributed by atoms with Gasteiger partial charge < -0.3 is 5.11 Å². The van der Waals surface area contributed by atoms with E-state index in [9.17, 15) is 5.11 Å². The Morgan fingerprint density at radius 3 is 2.91 bits per heavy atom. The molecule has 1 atom stereocenters. The van der Waals surface area contributed by atoms with Crippen LogP contribution in [0.3, 0.4) is 0 Å². The number of aromatic nitrogens is 5. The zero-order chi connectivity index (χ0) is 15.6. The van der Waals surface area contributed by atoms with Crippen molar-refractivity contribution in [2.75, 3.05) is 0 Å². The highest BCUT2D eigenvalue weighted by atomic mass is 32.1. The van der Waals surface area contributed by atoms with Gasteiger partial charge in [-0.3, -0.25) is 9.36 Å². The summed E-state index contributed by atoms with van der Waals surface area (Å²) in [5.41, 5.74) is 1.04. The van der Waals surface area contributed by atoms with Crippen LogP contribution in [-0.4, -0.2) is 29.9 Å². The van der Waals surface area contributed by atoms with Crippen LogP contribution in [0.4, 0.5) is 0 Å². The topological polar surface area (TPSA) is 68.8 Å². The van der Waals surface area contributed by atoms with Gasteiger partial charge in [-0.25, -0.2) is 0 Å². The first-order chi connectivity index (χ1) is 10.5. The maximum absolute atomic E-state index is 10.6. The molecule has 0 radical (unpaired) electrons. The molecule has 0 aliphatic rings. The van der Waals surface area contributed by atoms with Crippen LogP contribution in [0.5, 0.6) is 0 Å². The van der Waals surface area contributed by atoms with Crippen LogP contribution in [-0.2, 0) is 32.0 Å². The standard InChI is InChI=1S/C15H19N5OS/c1-15(21,14-4-3-9-22-14)10-12-11-20(18-17-12)8-6-13-5-7-16-19(13)2/h3-5,7,9,11,21H,6,8,10H2,1-2H3. The van der Waals surface area contributed by atoms with Crippen molar-refractivity contribution in [3.8, 4) is 0 Å². The summed E-state index contributed by atoms with van der Waals surface area (Å²) < 4.78 is 3.67. The van der Waals surface area contributed by atoms with E-state index in [-0.39, 0.29) is 0 Å². The fourth-order valence-electron chi connectivity index (χ4n) is 2.43. The van der Waals surface area contributed by atoms with Gasteiger partial charge in [-0.15, -0.1) is 16.4 Å². The molecule has 3 rings (SSSR count). The number of hydrogen-bond acceptors (Lipinski definition) is 5. The van der Waals surface area contributed by atoms with Crippen molar-refractivity contribution in [3.63, 3.8) is 0 Å². The van der Waals surface area contributed by atoms with Gasteiger partial charge in [-0.1, -0.05) is 11.3 Å². The molecular formula is C15H19N5OS. The van der Waals surface area contributed by atoms with Crippen molar-refractivity contribution < 1.29 is 5.11 Å². The first-order valence-electron chi connectivity index (χ1n) is 7.17. The molecule has 0 aliphatic carbocycles. The number of aryl methyl sites for hydroxylation is 3. The SMILES string of the molecule is Cn1nccc1CCn1cc(CC(C)(O)c2cccs2)nn1. The fraction of sp³-hybridized carbons (Fsp3) is 0.400. The summed E-state index contributed by atoms with van der Waals surface area (Å²) in [5.74, 6) is 0. The van der Waals surface area contributed by atoms with Gasteiger partial charge in [0.15, 0.2) is 0 Å². The van der Waals surface area contributed by atoms with Gasteiger partial charge in [0.25, 0.3) is 0 Å². The molecule has 3 aromatic rings. The Hall–Kier alpha value is -1.99. The first kappa shape index (κ1) is 14.9. The minimum atomic E-state index is -0.906. The van der Waals surface area contributed by atoms with Crippen LogP contribution in [0.1, 0.15) is 23.2 Å². The van der Waals surface area contributed by atoms with Crippen LogP contribution in [0, 0.1) is 0 Å². The smallest absolute Gasteiger partial charge is 0.102 e. The van der Waals surface area contributed by atoms with Crippen molar-refractivity contribution in [1.82, 2.24) is 24.8 Å². The van der Waals surface area contributed by atoms with Crippen LogP contribution >= 0.6 is 11.3 Å². The number of aliphatic hydroxyl groups is 1. The summed E-state index contributed by atoms with van der Waals surface area (Å²) in [6.45, 7) is 2.56. The zero-order valence-corrected chi connectivity index (χ0v) is 13.5. The number of thiophene rings is 1. The molecule has 3 aromatic heterocycles. The summed E-state index contributed by atoms with van der Waals surface area (Å²) >= 11 is 1.55. The Balaban J connectivity index is 1.63. The summed E-state index contributed by atoms with van der Waals surface area (Å²) in [5, 5.41) is 25.0.